The molecule has 0 radical (unpaired) electrons. The Hall–Kier alpha value is -5.80. The zero-order chi connectivity index (χ0) is 42.8. The molecule has 2 fully saturated rings. The van der Waals surface area contributed by atoms with Gasteiger partial charge in [-0.2, -0.15) is 0 Å². The molecule has 0 N–H and O–H groups in total. The van der Waals surface area contributed by atoms with Gasteiger partial charge < -0.3 is 9.80 Å². The maximum absolute atomic E-state index is 2.86. The molecule has 0 amide bonds. The number of anilines is 6. The molecule has 0 aromatic heterocycles. The molecular formula is C62H61BN2. The van der Waals surface area contributed by atoms with E-state index >= 15 is 0 Å². The number of benzene rings is 7. The summed E-state index contributed by atoms with van der Waals surface area (Å²) in [4.78, 5) is 5.56. The average Bonchev–Trinajstić information content (AvgIpc) is 3.38. The van der Waals surface area contributed by atoms with Gasteiger partial charge in [-0.25, -0.2) is 0 Å². The van der Waals surface area contributed by atoms with Crippen LogP contribution in [0, 0.1) is 0 Å². The van der Waals surface area contributed by atoms with Crippen LogP contribution < -0.4 is 26.2 Å². The Balaban J connectivity index is 1.09. The molecule has 0 unspecified atom stereocenters. The fraction of sp³-hybridized carbons (Fsp3) is 0.323. The Morgan fingerprint density at radius 3 is 1.40 bits per heavy atom. The van der Waals surface area contributed by atoms with E-state index < -0.39 is 0 Å². The van der Waals surface area contributed by atoms with Crippen LogP contribution in [0.4, 0.5) is 34.1 Å². The zero-order valence-electron chi connectivity index (χ0n) is 38.1. The Labute approximate surface area is 387 Å². The van der Waals surface area contributed by atoms with E-state index in [0.29, 0.717) is 11.8 Å². The maximum atomic E-state index is 2.86. The van der Waals surface area contributed by atoms with Crippen LogP contribution in [0.1, 0.15) is 135 Å². The Morgan fingerprint density at radius 1 is 0.369 bits per heavy atom. The minimum atomic E-state index is 0.140. The summed E-state index contributed by atoms with van der Waals surface area (Å²) >= 11 is 0. The lowest BCUT2D eigenvalue weighted by molar-refractivity contribution is 0.444. The number of rotatable bonds is 6. The average molecular weight is 845 g/mol. The van der Waals surface area contributed by atoms with E-state index in [9.17, 15) is 0 Å². The lowest BCUT2D eigenvalue weighted by Crippen LogP contribution is -2.61. The number of fused-ring (bicyclic) bond motifs is 6. The highest BCUT2D eigenvalue weighted by atomic mass is 15.2. The summed E-state index contributed by atoms with van der Waals surface area (Å²) in [7, 11) is 0. The highest BCUT2D eigenvalue weighted by Gasteiger charge is 2.45. The second-order valence-electron chi connectivity index (χ2n) is 20.5. The summed E-state index contributed by atoms with van der Waals surface area (Å²) in [5.74, 6) is 1.26. The first-order valence-electron chi connectivity index (χ1n) is 25.7. The molecule has 0 bridgehead atoms. The van der Waals surface area contributed by atoms with E-state index in [1.807, 2.05) is 0 Å². The number of hydrogen-bond donors (Lipinski definition) is 0. The van der Waals surface area contributed by atoms with Crippen molar-refractivity contribution in [1.29, 1.82) is 0 Å². The van der Waals surface area contributed by atoms with Crippen LogP contribution in [-0.2, 0) is 25.7 Å². The topological polar surface area (TPSA) is 6.48 Å². The molecule has 2 heterocycles. The second-order valence-corrected chi connectivity index (χ2v) is 20.5. The molecule has 3 heteroatoms. The SMILES string of the molecule is c1ccc(-c2cc(-c3ccccc3)cc(N3c4cc(C5CCCCC5)ccc4B4c5ccc(C6CCCCC6)cc5N(c5c6c(cc7c5CCCC7)CCCC6)c5cccc3c54)c2)cc1. The van der Waals surface area contributed by atoms with Crippen molar-refractivity contribution in [2.24, 2.45) is 0 Å². The fourth-order valence-electron chi connectivity index (χ4n) is 13.6. The van der Waals surface area contributed by atoms with E-state index in [-0.39, 0.29) is 6.71 Å². The summed E-state index contributed by atoms with van der Waals surface area (Å²) in [6.45, 7) is 0.140. The van der Waals surface area contributed by atoms with Crippen molar-refractivity contribution in [2.45, 2.75) is 127 Å². The molecule has 0 atom stereocenters. The van der Waals surface area contributed by atoms with Crippen LogP contribution in [0.15, 0.2) is 140 Å². The van der Waals surface area contributed by atoms with Crippen molar-refractivity contribution in [3.63, 3.8) is 0 Å². The van der Waals surface area contributed by atoms with Gasteiger partial charge in [-0.1, -0.05) is 136 Å². The van der Waals surface area contributed by atoms with E-state index in [1.165, 1.54) is 188 Å². The highest BCUT2D eigenvalue weighted by molar-refractivity contribution is 7.00. The molecule has 2 saturated carbocycles. The van der Waals surface area contributed by atoms with Crippen molar-refractivity contribution < 1.29 is 0 Å². The summed E-state index contributed by atoms with van der Waals surface area (Å²) in [6.07, 6.45) is 23.3. The van der Waals surface area contributed by atoms with Crippen molar-refractivity contribution >= 4 is 57.2 Å². The van der Waals surface area contributed by atoms with Gasteiger partial charge in [-0.3, -0.25) is 0 Å². The Morgan fingerprint density at radius 2 is 0.862 bits per heavy atom. The van der Waals surface area contributed by atoms with Crippen molar-refractivity contribution in [3.05, 3.63) is 173 Å². The minimum absolute atomic E-state index is 0.140. The van der Waals surface area contributed by atoms with Gasteiger partial charge in [-0.05, 0) is 203 Å². The Kier molecular flexibility index (Phi) is 10.1. The molecule has 2 aliphatic heterocycles. The highest BCUT2D eigenvalue weighted by Crippen LogP contribution is 2.51. The molecule has 6 aliphatic rings. The van der Waals surface area contributed by atoms with Gasteiger partial charge in [0.15, 0.2) is 0 Å². The molecule has 7 aromatic carbocycles. The normalized spacial score (nSPS) is 18.1. The third-order valence-corrected chi connectivity index (χ3v) is 16.8. The number of aryl methyl sites for hydroxylation is 2. The van der Waals surface area contributed by atoms with Crippen LogP contribution in [0.5, 0.6) is 0 Å². The second kappa shape index (κ2) is 16.6. The van der Waals surface area contributed by atoms with Gasteiger partial charge in [0.05, 0.1) is 5.69 Å². The maximum Gasteiger partial charge on any atom is 0.252 e. The van der Waals surface area contributed by atoms with Gasteiger partial charge in [0.25, 0.3) is 6.71 Å². The molecule has 322 valence electrons. The third-order valence-electron chi connectivity index (χ3n) is 16.8. The molecule has 0 spiro atoms. The Bertz CT molecular complexity index is 2830. The molecule has 13 rings (SSSR count). The van der Waals surface area contributed by atoms with Gasteiger partial charge in [0.1, 0.15) is 0 Å². The summed E-state index contributed by atoms with van der Waals surface area (Å²) in [5.41, 5.74) is 27.3. The van der Waals surface area contributed by atoms with Crippen molar-refractivity contribution in [2.75, 3.05) is 9.80 Å². The van der Waals surface area contributed by atoms with Gasteiger partial charge in [0, 0.05) is 28.4 Å². The predicted octanol–water partition coefficient (Wildman–Crippen LogP) is 15.0. The molecule has 65 heavy (non-hydrogen) atoms. The van der Waals surface area contributed by atoms with Crippen molar-refractivity contribution in [3.8, 4) is 22.3 Å². The smallest absolute Gasteiger partial charge is 0.252 e. The van der Waals surface area contributed by atoms with Crippen LogP contribution in [0.2, 0.25) is 0 Å². The predicted molar refractivity (Wildman–Crippen MR) is 276 cm³/mol. The largest absolute Gasteiger partial charge is 0.311 e. The lowest BCUT2D eigenvalue weighted by Gasteiger charge is -2.46. The summed E-state index contributed by atoms with van der Waals surface area (Å²) in [6, 6.07) is 55.1. The molecule has 7 aromatic rings. The summed E-state index contributed by atoms with van der Waals surface area (Å²) < 4.78 is 0. The first kappa shape index (κ1) is 39.6. The lowest BCUT2D eigenvalue weighted by atomic mass is 9.33. The fourth-order valence-corrected chi connectivity index (χ4v) is 13.6. The minimum Gasteiger partial charge on any atom is -0.311 e. The van der Waals surface area contributed by atoms with Crippen LogP contribution in [0.25, 0.3) is 22.3 Å². The first-order chi connectivity index (χ1) is 32.2. The van der Waals surface area contributed by atoms with Crippen LogP contribution >= 0.6 is 0 Å². The van der Waals surface area contributed by atoms with E-state index in [4.69, 9.17) is 0 Å². The molecular weight excluding hydrogens is 784 g/mol. The standard InChI is InChI=1S/C62H61BN2/c1-5-18-42(19-6-1)46-32-34-55-59(40-46)64(52-38-50(44-22-9-3-10-23-44)37-51(39-52)45-24-11-4-12-25-45)57-30-17-31-58-61(57)63(55)56-35-33-47(43-20-7-2-8-21-43)41-60(56)65(58)62-53-28-15-13-26-48(53)36-49-27-14-16-29-54(49)62/h3-4,9-12,17,22-25,30-43H,1-2,5-8,13-16,18-21,26-29H2. The first-order valence-corrected chi connectivity index (χ1v) is 25.7. The van der Waals surface area contributed by atoms with Crippen molar-refractivity contribution in [1.82, 2.24) is 0 Å². The monoisotopic (exact) mass is 844 g/mol. The third kappa shape index (κ3) is 6.82. The molecule has 0 saturated heterocycles. The van der Waals surface area contributed by atoms with Crippen LogP contribution in [-0.4, -0.2) is 6.71 Å². The number of hydrogen-bond acceptors (Lipinski definition) is 2. The van der Waals surface area contributed by atoms with Gasteiger partial charge in [-0.15, -0.1) is 0 Å². The van der Waals surface area contributed by atoms with E-state index in [0.717, 1.165) is 0 Å². The summed E-state index contributed by atoms with van der Waals surface area (Å²) in [5, 5.41) is 0. The molecule has 4 aliphatic carbocycles. The zero-order valence-corrected chi connectivity index (χ0v) is 38.1. The number of nitrogens with zero attached hydrogens (tertiary/aromatic N) is 2. The van der Waals surface area contributed by atoms with Crippen LogP contribution in [0.3, 0.4) is 0 Å². The van der Waals surface area contributed by atoms with Gasteiger partial charge in [0.2, 0.25) is 0 Å². The molecule has 2 nitrogen and oxygen atoms in total. The van der Waals surface area contributed by atoms with E-state index in [1.54, 1.807) is 33.5 Å². The quantitative estimate of drug-likeness (QED) is 0.154. The van der Waals surface area contributed by atoms with Gasteiger partial charge >= 0.3 is 0 Å². The van der Waals surface area contributed by atoms with E-state index in [2.05, 4.69) is 149 Å².